The Balaban J connectivity index is 1.11. The topological polar surface area (TPSA) is 97.0 Å². The van der Waals surface area contributed by atoms with Gasteiger partial charge in [0.2, 0.25) is 5.91 Å². The van der Waals surface area contributed by atoms with Crippen molar-refractivity contribution < 1.29 is 28.2 Å². The Morgan fingerprint density at radius 1 is 1.05 bits per heavy atom. The minimum absolute atomic E-state index is 0.00911. The molecule has 9 heteroatoms. The zero-order valence-electron chi connectivity index (χ0n) is 21.6. The van der Waals surface area contributed by atoms with Gasteiger partial charge in [0.1, 0.15) is 17.6 Å². The van der Waals surface area contributed by atoms with E-state index >= 15 is 0 Å². The number of likely N-dealkylation sites (tertiary alicyclic amines) is 1. The SMILES string of the molecule is COC(=O)N[C@@H](C(=O)N1CC2(CCC(NC(=O)c3ccc(OCC4CC4)cc3F)CC2)C1)c1ccccc1. The van der Waals surface area contributed by atoms with Crippen molar-refractivity contribution in [2.45, 2.75) is 50.6 Å². The van der Waals surface area contributed by atoms with Crippen molar-refractivity contribution in [1.29, 1.82) is 0 Å². The Hall–Kier alpha value is -3.62. The number of alkyl carbamates (subject to hydrolysis) is 1. The zero-order valence-corrected chi connectivity index (χ0v) is 21.6. The fourth-order valence-corrected chi connectivity index (χ4v) is 5.43. The number of rotatable bonds is 8. The summed E-state index contributed by atoms with van der Waals surface area (Å²) in [7, 11) is 1.27. The van der Waals surface area contributed by atoms with E-state index in [1.54, 1.807) is 23.1 Å². The van der Waals surface area contributed by atoms with E-state index in [-0.39, 0.29) is 22.9 Å². The molecule has 3 amide bonds. The third-order valence-corrected chi connectivity index (χ3v) is 7.94. The van der Waals surface area contributed by atoms with Gasteiger partial charge in [-0.05, 0) is 62.1 Å². The van der Waals surface area contributed by atoms with Gasteiger partial charge < -0.3 is 25.0 Å². The minimum atomic E-state index is -0.808. The van der Waals surface area contributed by atoms with Gasteiger partial charge in [-0.3, -0.25) is 9.59 Å². The summed E-state index contributed by atoms with van der Waals surface area (Å²) in [6.07, 6.45) is 4.90. The first-order valence-electron chi connectivity index (χ1n) is 13.3. The van der Waals surface area contributed by atoms with Gasteiger partial charge >= 0.3 is 6.09 Å². The molecule has 0 aromatic heterocycles. The van der Waals surface area contributed by atoms with Gasteiger partial charge in [-0.1, -0.05) is 30.3 Å². The van der Waals surface area contributed by atoms with Crippen LogP contribution in [0.4, 0.5) is 9.18 Å². The number of nitrogens with zero attached hydrogens (tertiary/aromatic N) is 1. The van der Waals surface area contributed by atoms with Crippen molar-refractivity contribution in [3.63, 3.8) is 0 Å². The predicted octanol–water partition coefficient (Wildman–Crippen LogP) is 4.21. The first-order chi connectivity index (χ1) is 18.4. The smallest absolute Gasteiger partial charge is 0.407 e. The summed E-state index contributed by atoms with van der Waals surface area (Å²) in [6.45, 7) is 1.80. The van der Waals surface area contributed by atoms with Gasteiger partial charge in [-0.25, -0.2) is 9.18 Å². The number of benzene rings is 2. The van der Waals surface area contributed by atoms with Gasteiger partial charge in [0.25, 0.3) is 5.91 Å². The number of hydrogen-bond acceptors (Lipinski definition) is 5. The lowest BCUT2D eigenvalue weighted by Crippen LogP contribution is -2.62. The number of halogens is 1. The molecule has 2 saturated carbocycles. The Bertz CT molecular complexity index is 1170. The summed E-state index contributed by atoms with van der Waals surface area (Å²) in [5, 5.41) is 5.63. The van der Waals surface area contributed by atoms with Crippen LogP contribution in [-0.4, -0.2) is 55.7 Å². The Kier molecular flexibility index (Phi) is 7.53. The van der Waals surface area contributed by atoms with E-state index in [1.165, 1.54) is 19.2 Å². The third kappa shape index (κ3) is 5.92. The molecule has 8 nitrogen and oxygen atoms in total. The summed E-state index contributed by atoms with van der Waals surface area (Å²) < 4.78 is 24.9. The lowest BCUT2D eigenvalue weighted by molar-refractivity contribution is -0.148. The van der Waals surface area contributed by atoms with Crippen LogP contribution in [0.5, 0.6) is 5.75 Å². The molecule has 0 unspecified atom stereocenters. The average Bonchev–Trinajstić information content (AvgIpc) is 3.74. The van der Waals surface area contributed by atoms with Gasteiger partial charge in [0, 0.05) is 30.6 Å². The molecule has 202 valence electrons. The highest BCUT2D eigenvalue weighted by Gasteiger charge is 2.48. The van der Waals surface area contributed by atoms with Crippen LogP contribution in [0, 0.1) is 17.2 Å². The van der Waals surface area contributed by atoms with Crippen molar-refractivity contribution in [1.82, 2.24) is 15.5 Å². The van der Waals surface area contributed by atoms with Crippen LogP contribution in [-0.2, 0) is 9.53 Å². The highest BCUT2D eigenvalue weighted by molar-refractivity contribution is 5.94. The van der Waals surface area contributed by atoms with Crippen LogP contribution in [0.25, 0.3) is 0 Å². The Morgan fingerprint density at radius 3 is 2.39 bits per heavy atom. The van der Waals surface area contributed by atoms with Crippen molar-refractivity contribution in [2.75, 3.05) is 26.8 Å². The second kappa shape index (κ2) is 11.0. The quantitative estimate of drug-likeness (QED) is 0.540. The molecule has 2 aromatic carbocycles. The van der Waals surface area contributed by atoms with Crippen molar-refractivity contribution >= 4 is 17.9 Å². The third-order valence-electron chi connectivity index (χ3n) is 7.94. The Labute approximate surface area is 221 Å². The van der Waals surface area contributed by atoms with E-state index in [4.69, 9.17) is 9.47 Å². The predicted molar refractivity (Wildman–Crippen MR) is 138 cm³/mol. The average molecular weight is 524 g/mol. The second-order valence-electron chi connectivity index (χ2n) is 10.8. The molecule has 1 heterocycles. The van der Waals surface area contributed by atoms with Gasteiger partial charge in [-0.2, -0.15) is 0 Å². The summed E-state index contributed by atoms with van der Waals surface area (Å²) in [4.78, 5) is 39.6. The van der Waals surface area contributed by atoms with E-state index in [2.05, 4.69) is 10.6 Å². The summed E-state index contributed by atoms with van der Waals surface area (Å²) >= 11 is 0. The standard InChI is InChI=1S/C29H34FN3O5/c1-37-28(36)32-25(20-5-3-2-4-6-20)27(35)33-17-29(18-33)13-11-21(12-14-29)31-26(34)23-10-9-22(15-24(23)30)38-16-19-7-8-19/h2-6,9-10,15,19,21,25H,7-8,11-14,16-18H2,1H3,(H,31,34)(H,32,36)/t25-/m1/s1. The fraction of sp³-hybridized carbons (Fsp3) is 0.483. The molecule has 1 atom stereocenters. The monoisotopic (exact) mass is 523 g/mol. The first kappa shape index (κ1) is 26.0. The lowest BCUT2D eigenvalue weighted by atomic mass is 9.67. The molecule has 1 spiro atoms. The van der Waals surface area contributed by atoms with Crippen LogP contribution in [0.1, 0.15) is 60.5 Å². The molecule has 3 fully saturated rings. The van der Waals surface area contributed by atoms with E-state index in [0.29, 0.717) is 36.9 Å². The minimum Gasteiger partial charge on any atom is -0.493 e. The van der Waals surface area contributed by atoms with Gasteiger partial charge in [0.15, 0.2) is 0 Å². The summed E-state index contributed by atoms with van der Waals surface area (Å²) in [6, 6.07) is 12.7. The molecule has 0 bridgehead atoms. The number of carbonyl (C=O) groups excluding carboxylic acids is 3. The van der Waals surface area contributed by atoms with Gasteiger partial charge in [0.05, 0.1) is 19.3 Å². The number of hydrogen-bond donors (Lipinski definition) is 2. The second-order valence-corrected chi connectivity index (χ2v) is 10.8. The maximum Gasteiger partial charge on any atom is 0.407 e. The van der Waals surface area contributed by atoms with Crippen LogP contribution in [0.15, 0.2) is 48.5 Å². The van der Waals surface area contributed by atoms with Crippen LogP contribution >= 0.6 is 0 Å². The van der Waals surface area contributed by atoms with Gasteiger partial charge in [-0.15, -0.1) is 0 Å². The number of ether oxygens (including phenoxy) is 2. The molecule has 3 aliphatic rings. The van der Waals surface area contributed by atoms with E-state index in [9.17, 15) is 18.8 Å². The molecule has 2 aliphatic carbocycles. The number of methoxy groups -OCH3 is 1. The molecule has 2 N–H and O–H groups in total. The molecule has 38 heavy (non-hydrogen) atoms. The van der Waals surface area contributed by atoms with E-state index in [1.807, 2.05) is 18.2 Å². The molecular weight excluding hydrogens is 489 g/mol. The maximum absolute atomic E-state index is 14.6. The molecule has 1 saturated heterocycles. The summed E-state index contributed by atoms with van der Waals surface area (Å²) in [5.41, 5.74) is 0.731. The highest BCUT2D eigenvalue weighted by atomic mass is 19.1. The van der Waals surface area contributed by atoms with Crippen molar-refractivity contribution in [3.8, 4) is 5.75 Å². The molecule has 0 radical (unpaired) electrons. The van der Waals surface area contributed by atoms with Crippen LogP contribution < -0.4 is 15.4 Å². The molecule has 2 aromatic rings. The normalized spacial score (nSPS) is 19.3. The van der Waals surface area contributed by atoms with Crippen molar-refractivity contribution in [3.05, 3.63) is 65.5 Å². The first-order valence-corrected chi connectivity index (χ1v) is 13.3. The highest BCUT2D eigenvalue weighted by Crippen LogP contribution is 2.44. The largest absolute Gasteiger partial charge is 0.493 e. The molecular formula is C29H34FN3O5. The van der Waals surface area contributed by atoms with Crippen molar-refractivity contribution in [2.24, 2.45) is 11.3 Å². The molecule has 5 rings (SSSR count). The number of carbonyl (C=O) groups is 3. The lowest BCUT2D eigenvalue weighted by Gasteiger charge is -2.54. The molecule has 1 aliphatic heterocycles. The fourth-order valence-electron chi connectivity index (χ4n) is 5.43. The summed E-state index contributed by atoms with van der Waals surface area (Å²) in [5.74, 6) is -0.140. The Morgan fingerprint density at radius 2 is 1.76 bits per heavy atom. The van der Waals surface area contributed by atoms with E-state index in [0.717, 1.165) is 38.5 Å². The number of amides is 3. The van der Waals surface area contributed by atoms with Crippen LogP contribution in [0.3, 0.4) is 0 Å². The zero-order chi connectivity index (χ0) is 26.7. The van der Waals surface area contributed by atoms with Crippen LogP contribution in [0.2, 0.25) is 0 Å². The number of nitrogens with one attached hydrogen (secondary N) is 2. The van der Waals surface area contributed by atoms with E-state index < -0.39 is 23.9 Å². The maximum atomic E-state index is 14.6.